The van der Waals surface area contributed by atoms with Crippen LogP contribution in [0.25, 0.3) is 16.6 Å². The first-order valence-electron chi connectivity index (χ1n) is 10.2. The van der Waals surface area contributed by atoms with Gasteiger partial charge in [-0.15, -0.1) is 0 Å². The fourth-order valence-electron chi connectivity index (χ4n) is 4.02. The number of anilines is 1. The van der Waals surface area contributed by atoms with Crippen LogP contribution in [0, 0.1) is 0 Å². The molecule has 5 rings (SSSR count). The Morgan fingerprint density at radius 1 is 0.969 bits per heavy atom. The van der Waals surface area contributed by atoms with Gasteiger partial charge in [-0.3, -0.25) is 0 Å². The molecule has 1 atom stereocenters. The third-order valence-corrected chi connectivity index (χ3v) is 6.23. The molecule has 6 nitrogen and oxygen atoms in total. The third kappa shape index (κ3) is 3.45. The minimum absolute atomic E-state index is 0.349. The van der Waals surface area contributed by atoms with Crippen molar-refractivity contribution < 1.29 is 14.6 Å². The van der Waals surface area contributed by atoms with Gasteiger partial charge in [0.25, 0.3) is 5.79 Å². The van der Waals surface area contributed by atoms with E-state index in [0.29, 0.717) is 34.2 Å². The van der Waals surface area contributed by atoms with Crippen molar-refractivity contribution in [2.24, 2.45) is 0 Å². The zero-order valence-corrected chi connectivity index (χ0v) is 18.5. The van der Waals surface area contributed by atoms with Gasteiger partial charge in [0.2, 0.25) is 0 Å². The topological polar surface area (TPSA) is 75.6 Å². The number of aliphatic hydroxyl groups is 1. The molecule has 0 saturated carbocycles. The number of aromatic nitrogens is 2. The summed E-state index contributed by atoms with van der Waals surface area (Å²) in [5.41, 5.74) is 5.51. The van der Waals surface area contributed by atoms with Crippen molar-refractivity contribution in [3.05, 3.63) is 95.1 Å². The number of fused-ring (bicyclic) bond motifs is 1. The number of nitrogens with zero attached hydrogens (tertiary/aromatic N) is 3. The molecule has 32 heavy (non-hydrogen) atoms. The fraction of sp³-hybridized carbons (Fsp3) is 0.160. The van der Waals surface area contributed by atoms with Gasteiger partial charge in [0, 0.05) is 37.3 Å². The van der Waals surface area contributed by atoms with Gasteiger partial charge in [-0.25, -0.2) is 4.79 Å². The van der Waals surface area contributed by atoms with E-state index in [4.69, 9.17) is 4.74 Å². The van der Waals surface area contributed by atoms with Gasteiger partial charge in [-0.05, 0) is 35.4 Å². The first-order chi connectivity index (χ1) is 15.5. The Kier molecular flexibility index (Phi) is 5.00. The van der Waals surface area contributed by atoms with Crippen LogP contribution in [-0.4, -0.2) is 33.9 Å². The second kappa shape index (κ2) is 7.85. The Morgan fingerprint density at radius 3 is 2.53 bits per heavy atom. The predicted octanol–water partition coefficient (Wildman–Crippen LogP) is 4.16. The van der Waals surface area contributed by atoms with E-state index >= 15 is 0 Å². The number of esters is 1. The third-order valence-electron chi connectivity index (χ3n) is 5.67. The molecule has 1 unspecified atom stereocenters. The van der Waals surface area contributed by atoms with Crippen LogP contribution in [-0.2, 0) is 21.7 Å². The number of carbonyl (C=O) groups is 1. The summed E-state index contributed by atoms with van der Waals surface area (Å²) < 4.78 is 14.2. The molecule has 0 saturated heterocycles. The SMILES string of the molecule is CN(C)c1cccc(CC2=C(c3ccc4nsnc4c3)C(=O)OC2(O)c2ccccc2)c1. The Morgan fingerprint density at radius 2 is 1.75 bits per heavy atom. The summed E-state index contributed by atoms with van der Waals surface area (Å²) in [4.78, 5) is 15.1. The summed E-state index contributed by atoms with van der Waals surface area (Å²) in [6.07, 6.45) is 0.349. The van der Waals surface area contributed by atoms with E-state index in [1.54, 1.807) is 12.1 Å². The lowest BCUT2D eigenvalue weighted by molar-refractivity contribution is -0.185. The minimum atomic E-state index is -1.85. The lowest BCUT2D eigenvalue weighted by atomic mass is 9.88. The molecule has 3 aromatic carbocycles. The Bertz CT molecular complexity index is 1350. The van der Waals surface area contributed by atoms with Crippen LogP contribution in [0.1, 0.15) is 16.7 Å². The second-order valence-electron chi connectivity index (χ2n) is 7.96. The number of cyclic esters (lactones) is 1. The maximum absolute atomic E-state index is 13.1. The van der Waals surface area contributed by atoms with E-state index in [1.165, 1.54) is 0 Å². The maximum atomic E-state index is 13.1. The summed E-state index contributed by atoms with van der Waals surface area (Å²) in [6.45, 7) is 0. The minimum Gasteiger partial charge on any atom is -0.421 e. The summed E-state index contributed by atoms with van der Waals surface area (Å²) in [5, 5.41) is 11.7. The van der Waals surface area contributed by atoms with Gasteiger partial charge in [-0.1, -0.05) is 48.5 Å². The molecule has 160 valence electrons. The summed E-state index contributed by atoms with van der Waals surface area (Å²) in [7, 11) is 3.95. The van der Waals surface area contributed by atoms with Gasteiger partial charge in [-0.2, -0.15) is 8.75 Å². The van der Waals surface area contributed by atoms with Crippen molar-refractivity contribution >= 4 is 40.0 Å². The first-order valence-corrected chi connectivity index (χ1v) is 10.9. The molecule has 1 N–H and O–H groups in total. The highest BCUT2D eigenvalue weighted by Gasteiger charge is 2.48. The van der Waals surface area contributed by atoms with Crippen LogP contribution in [0.3, 0.4) is 0 Å². The van der Waals surface area contributed by atoms with E-state index < -0.39 is 11.8 Å². The number of benzene rings is 3. The normalized spacial score (nSPS) is 18.3. The molecule has 0 aliphatic carbocycles. The molecule has 2 heterocycles. The van der Waals surface area contributed by atoms with E-state index in [2.05, 4.69) is 8.75 Å². The maximum Gasteiger partial charge on any atom is 0.342 e. The van der Waals surface area contributed by atoms with Gasteiger partial charge < -0.3 is 14.7 Å². The number of carbonyl (C=O) groups excluding carboxylic acids is 1. The van der Waals surface area contributed by atoms with E-state index in [9.17, 15) is 9.90 Å². The molecular formula is C25H21N3O3S. The van der Waals surface area contributed by atoms with Crippen LogP contribution in [0.5, 0.6) is 0 Å². The van der Waals surface area contributed by atoms with Crippen molar-refractivity contribution in [1.82, 2.24) is 8.75 Å². The Labute approximate surface area is 189 Å². The molecule has 1 aliphatic rings. The summed E-state index contributed by atoms with van der Waals surface area (Å²) in [5.74, 6) is -2.41. The molecular weight excluding hydrogens is 422 g/mol. The molecule has 1 aliphatic heterocycles. The van der Waals surface area contributed by atoms with Gasteiger partial charge >= 0.3 is 5.97 Å². The highest BCUT2D eigenvalue weighted by molar-refractivity contribution is 7.00. The quantitative estimate of drug-likeness (QED) is 0.467. The van der Waals surface area contributed by atoms with Crippen molar-refractivity contribution in [2.75, 3.05) is 19.0 Å². The molecule has 1 aromatic heterocycles. The van der Waals surface area contributed by atoms with Crippen molar-refractivity contribution in [3.63, 3.8) is 0 Å². The average molecular weight is 444 g/mol. The lowest BCUT2D eigenvalue weighted by Gasteiger charge is -2.26. The highest BCUT2D eigenvalue weighted by atomic mass is 32.1. The zero-order valence-electron chi connectivity index (χ0n) is 17.6. The van der Waals surface area contributed by atoms with E-state index in [1.807, 2.05) is 79.7 Å². The molecule has 0 radical (unpaired) electrons. The molecule has 0 fully saturated rings. The molecule has 0 bridgehead atoms. The first kappa shape index (κ1) is 20.4. The standard InChI is InChI=1S/C25H21N3O3S/c1-28(2)19-10-6-7-16(13-19)14-20-23(17-11-12-21-22(15-17)27-32-26-21)24(29)31-25(20,30)18-8-4-3-5-9-18/h3-13,15,30H,14H2,1-2H3. The molecule has 7 heteroatoms. The van der Waals surface area contributed by atoms with E-state index in [0.717, 1.165) is 28.5 Å². The average Bonchev–Trinajstić information content (AvgIpc) is 3.36. The monoisotopic (exact) mass is 443 g/mol. The van der Waals surface area contributed by atoms with Crippen LogP contribution >= 0.6 is 11.7 Å². The largest absolute Gasteiger partial charge is 0.421 e. The molecule has 4 aromatic rings. The number of ether oxygens (including phenoxy) is 1. The van der Waals surface area contributed by atoms with Gasteiger partial charge in [0.1, 0.15) is 11.0 Å². The fourth-order valence-corrected chi connectivity index (χ4v) is 4.54. The number of hydrogen-bond acceptors (Lipinski definition) is 7. The van der Waals surface area contributed by atoms with E-state index in [-0.39, 0.29) is 0 Å². The zero-order chi connectivity index (χ0) is 22.3. The van der Waals surface area contributed by atoms with Gasteiger partial charge in [0.15, 0.2) is 0 Å². The van der Waals surface area contributed by atoms with Crippen LogP contribution < -0.4 is 4.90 Å². The molecule has 0 spiro atoms. The number of rotatable bonds is 5. The van der Waals surface area contributed by atoms with Crippen LogP contribution in [0.15, 0.2) is 78.4 Å². The summed E-state index contributed by atoms with van der Waals surface area (Å²) in [6, 6.07) is 22.5. The number of hydrogen-bond donors (Lipinski definition) is 1. The second-order valence-corrected chi connectivity index (χ2v) is 8.49. The Balaban J connectivity index is 1.70. The van der Waals surface area contributed by atoms with Crippen LogP contribution in [0.2, 0.25) is 0 Å². The van der Waals surface area contributed by atoms with Crippen LogP contribution in [0.4, 0.5) is 5.69 Å². The molecule has 0 amide bonds. The smallest absolute Gasteiger partial charge is 0.342 e. The van der Waals surface area contributed by atoms with Crippen molar-refractivity contribution in [2.45, 2.75) is 12.2 Å². The lowest BCUT2D eigenvalue weighted by Crippen LogP contribution is -2.29. The van der Waals surface area contributed by atoms with Gasteiger partial charge in [0.05, 0.1) is 17.3 Å². The Hall–Kier alpha value is -3.55. The predicted molar refractivity (Wildman–Crippen MR) is 125 cm³/mol. The van der Waals surface area contributed by atoms with Crippen molar-refractivity contribution in [3.8, 4) is 0 Å². The van der Waals surface area contributed by atoms with Crippen molar-refractivity contribution in [1.29, 1.82) is 0 Å². The summed E-state index contributed by atoms with van der Waals surface area (Å²) >= 11 is 1.12. The highest BCUT2D eigenvalue weighted by Crippen LogP contribution is 2.45.